The summed E-state index contributed by atoms with van der Waals surface area (Å²) in [6.45, 7) is 12.7. The molecule has 2 rings (SSSR count). The number of methoxy groups -OCH3 is 1. The van der Waals surface area contributed by atoms with Crippen molar-refractivity contribution < 1.29 is 58.1 Å². The molecule has 1 aliphatic rings. The van der Waals surface area contributed by atoms with Gasteiger partial charge in [0.15, 0.2) is 5.96 Å². The lowest BCUT2D eigenvalue weighted by molar-refractivity contribution is -0.146. The number of likely N-dealkylation sites (N-methyl/N-ethyl adjacent to an activating group) is 1. The number of hydrogen-bond donors (Lipinski definition) is 10. The summed E-state index contributed by atoms with van der Waals surface area (Å²) < 4.78 is 5.82. The minimum absolute atomic E-state index is 0.0237. The molecule has 0 bridgehead atoms. The second kappa shape index (κ2) is 29.4. The zero-order valence-electron chi connectivity index (χ0n) is 42.5. The summed E-state index contributed by atoms with van der Waals surface area (Å²) in [6.07, 6.45) is 4.80. The standard InChI is InChI=1S/C49H76N10O12/c1-26(2)23-37-46(66)58-40(48(69)70)30(6)42(62)55-35(17-14-22-52-49(50)51)45(65)54-34(19-18-27(3)24-28(4)38(71-10)25-33-15-12-11-13-16-33)29(5)41(61)56-36(47(67)68)20-21-39(60)59(9)32(8)44(64)53-31(7)43(63)57-37/h11-13,15-16,18-19,24,26,28-32,34-38,40H,14,17,20-23,25H2,1-10H3,(H,53,64)(H,54,65)(H,55,62)(H,56,61)(H,57,63)(H,58,66)(H,67,68)(H,69,70)(H4,50,51,52)/b19-18+,27-24-. The molecule has 394 valence electrons. The number of guanidine groups is 1. The van der Waals surface area contributed by atoms with Crippen LogP contribution in [-0.2, 0) is 54.3 Å². The maximum Gasteiger partial charge on any atom is 0.327 e. The van der Waals surface area contributed by atoms with E-state index in [9.17, 15) is 53.4 Å². The fourth-order valence-electron chi connectivity index (χ4n) is 7.61. The fraction of sp³-hybridized carbons (Fsp3) is 0.592. The third kappa shape index (κ3) is 20.2. The molecule has 0 aliphatic carbocycles. The third-order valence-corrected chi connectivity index (χ3v) is 12.3. The van der Waals surface area contributed by atoms with Crippen LogP contribution in [0.2, 0.25) is 0 Å². The van der Waals surface area contributed by atoms with Crippen LogP contribution in [0.5, 0.6) is 0 Å². The molecule has 1 fully saturated rings. The van der Waals surface area contributed by atoms with Crippen LogP contribution in [0.15, 0.2) is 59.1 Å². The van der Waals surface area contributed by atoms with Gasteiger partial charge in [-0.15, -0.1) is 0 Å². The minimum Gasteiger partial charge on any atom is -0.480 e. The molecule has 7 amide bonds. The number of carbonyl (C=O) groups excluding carboxylic acids is 7. The van der Waals surface area contributed by atoms with Crippen LogP contribution in [-0.4, -0.2) is 143 Å². The molecule has 0 spiro atoms. The fourth-order valence-corrected chi connectivity index (χ4v) is 7.61. The maximum absolute atomic E-state index is 14.4. The van der Waals surface area contributed by atoms with E-state index in [4.69, 9.17) is 16.2 Å². The van der Waals surface area contributed by atoms with Gasteiger partial charge in [0.1, 0.15) is 36.3 Å². The molecule has 0 radical (unpaired) electrons. The predicted octanol–water partition coefficient (Wildman–Crippen LogP) is 0.493. The van der Waals surface area contributed by atoms with E-state index in [0.717, 1.165) is 10.5 Å². The van der Waals surface area contributed by atoms with E-state index in [1.165, 1.54) is 40.8 Å². The Bertz CT molecular complexity index is 2110. The Hall–Kier alpha value is -6.84. The first kappa shape index (κ1) is 60.3. The monoisotopic (exact) mass is 997 g/mol. The molecule has 0 aromatic heterocycles. The molecule has 1 heterocycles. The average molecular weight is 997 g/mol. The Morgan fingerprint density at radius 3 is 1.99 bits per heavy atom. The second-order valence-electron chi connectivity index (χ2n) is 18.6. The molecule has 71 heavy (non-hydrogen) atoms. The molecule has 11 atom stereocenters. The van der Waals surface area contributed by atoms with Gasteiger partial charge in [-0.1, -0.05) is 88.8 Å². The number of nitrogens with two attached hydrogens (primary N) is 2. The largest absolute Gasteiger partial charge is 0.480 e. The zero-order chi connectivity index (χ0) is 53.7. The Labute approximate surface area is 416 Å². The van der Waals surface area contributed by atoms with Gasteiger partial charge >= 0.3 is 11.9 Å². The highest BCUT2D eigenvalue weighted by molar-refractivity contribution is 5.97. The molecule has 1 saturated heterocycles. The number of hydrogen-bond acceptors (Lipinski definition) is 11. The first-order valence-electron chi connectivity index (χ1n) is 23.8. The van der Waals surface area contributed by atoms with Crippen molar-refractivity contribution in [3.05, 3.63) is 59.7 Å². The van der Waals surface area contributed by atoms with Gasteiger partial charge in [-0.2, -0.15) is 0 Å². The van der Waals surface area contributed by atoms with Gasteiger partial charge in [0.2, 0.25) is 41.4 Å². The third-order valence-electron chi connectivity index (χ3n) is 12.3. The van der Waals surface area contributed by atoms with Gasteiger partial charge in [-0.3, -0.25) is 38.6 Å². The van der Waals surface area contributed by atoms with Crippen molar-refractivity contribution in [2.24, 2.45) is 40.1 Å². The predicted molar refractivity (Wildman–Crippen MR) is 265 cm³/mol. The van der Waals surface area contributed by atoms with Crippen molar-refractivity contribution >= 4 is 59.2 Å². The zero-order valence-corrected chi connectivity index (χ0v) is 42.5. The molecule has 22 nitrogen and oxygen atoms in total. The molecule has 0 saturated carbocycles. The van der Waals surface area contributed by atoms with Crippen molar-refractivity contribution in [3.8, 4) is 0 Å². The quantitative estimate of drug-likeness (QED) is 0.0495. The minimum atomic E-state index is -1.87. The Balaban J connectivity index is 2.73. The molecule has 11 unspecified atom stereocenters. The Morgan fingerprint density at radius 1 is 0.803 bits per heavy atom. The van der Waals surface area contributed by atoms with Crippen LogP contribution < -0.4 is 43.4 Å². The van der Waals surface area contributed by atoms with Crippen molar-refractivity contribution in [1.82, 2.24) is 36.8 Å². The Kier molecular flexibility index (Phi) is 24.9. The lowest BCUT2D eigenvalue weighted by Gasteiger charge is -2.28. The van der Waals surface area contributed by atoms with E-state index >= 15 is 0 Å². The van der Waals surface area contributed by atoms with Crippen LogP contribution >= 0.6 is 0 Å². The van der Waals surface area contributed by atoms with E-state index < -0.39 is 114 Å². The van der Waals surface area contributed by atoms with Crippen molar-refractivity contribution in [3.63, 3.8) is 0 Å². The number of ether oxygens (including phenoxy) is 1. The van der Waals surface area contributed by atoms with Crippen LogP contribution in [0, 0.1) is 23.7 Å². The first-order chi connectivity index (χ1) is 33.3. The average Bonchev–Trinajstić information content (AvgIpc) is 3.31. The number of amides is 7. The van der Waals surface area contributed by atoms with Crippen LogP contribution in [0.4, 0.5) is 0 Å². The van der Waals surface area contributed by atoms with Gasteiger partial charge < -0.3 is 63.2 Å². The highest BCUT2D eigenvalue weighted by Crippen LogP contribution is 2.19. The molecule has 1 aromatic rings. The summed E-state index contributed by atoms with van der Waals surface area (Å²) >= 11 is 0. The number of aliphatic carboxylic acids is 2. The van der Waals surface area contributed by atoms with Crippen LogP contribution in [0.3, 0.4) is 0 Å². The highest BCUT2D eigenvalue weighted by atomic mass is 16.5. The van der Waals surface area contributed by atoms with Gasteiger partial charge in [0.05, 0.1) is 24.0 Å². The normalized spacial score (nSPS) is 26.4. The van der Waals surface area contributed by atoms with E-state index in [0.29, 0.717) is 12.0 Å². The number of carbonyl (C=O) groups is 9. The summed E-state index contributed by atoms with van der Waals surface area (Å²) in [6, 6.07) is -0.00974. The van der Waals surface area contributed by atoms with E-state index in [1.807, 2.05) is 43.3 Å². The second-order valence-corrected chi connectivity index (χ2v) is 18.6. The van der Waals surface area contributed by atoms with Crippen molar-refractivity contribution in [2.75, 3.05) is 20.7 Å². The summed E-state index contributed by atoms with van der Waals surface area (Å²) in [7, 11) is 2.93. The Morgan fingerprint density at radius 2 is 1.41 bits per heavy atom. The highest BCUT2D eigenvalue weighted by Gasteiger charge is 2.37. The lowest BCUT2D eigenvalue weighted by Crippen LogP contribution is -2.59. The number of carboxylic acids is 2. The number of benzene rings is 1. The van der Waals surface area contributed by atoms with Gasteiger partial charge in [0.25, 0.3) is 0 Å². The van der Waals surface area contributed by atoms with Gasteiger partial charge in [-0.05, 0) is 64.4 Å². The number of rotatable bonds is 15. The van der Waals surface area contributed by atoms with Crippen molar-refractivity contribution in [2.45, 2.75) is 142 Å². The number of carboxylic acid groups (broad SMARTS) is 2. The van der Waals surface area contributed by atoms with Crippen LogP contribution in [0.25, 0.3) is 0 Å². The van der Waals surface area contributed by atoms with E-state index in [-0.39, 0.29) is 56.1 Å². The number of nitrogens with zero attached hydrogens (tertiary/aromatic N) is 2. The molecule has 1 aromatic carbocycles. The van der Waals surface area contributed by atoms with Crippen molar-refractivity contribution in [1.29, 1.82) is 0 Å². The maximum atomic E-state index is 14.4. The van der Waals surface area contributed by atoms with Gasteiger partial charge in [-0.25, -0.2) is 9.59 Å². The smallest absolute Gasteiger partial charge is 0.327 e. The lowest BCUT2D eigenvalue weighted by atomic mass is 9.94. The summed E-state index contributed by atoms with van der Waals surface area (Å²) in [4.78, 5) is 126. The SMILES string of the molecule is COC(Cc1ccccc1)C(C)/C=C(C)\C=C\C1NC(=O)C(CCCN=C(N)N)NC(=O)C(C)C(C(=O)O)NC(=O)C(CC(C)C)NC(=O)C(C)NC(=O)C(C)N(C)C(=O)CCC(C(=O)O)NC(=O)C1C. The molecule has 12 N–H and O–H groups in total. The van der Waals surface area contributed by atoms with E-state index in [1.54, 1.807) is 34.0 Å². The summed E-state index contributed by atoms with van der Waals surface area (Å²) in [5.41, 5.74) is 12.8. The summed E-state index contributed by atoms with van der Waals surface area (Å²) in [5.74, 6) is -12.1. The molecular formula is C49H76N10O12. The van der Waals surface area contributed by atoms with Crippen LogP contribution in [0.1, 0.15) is 93.1 Å². The molecule has 22 heteroatoms. The number of allylic oxidation sites excluding steroid dienone is 2. The van der Waals surface area contributed by atoms with E-state index in [2.05, 4.69) is 36.9 Å². The molecular weight excluding hydrogens is 921 g/mol. The number of aliphatic imine (C=N–C) groups is 1. The topological polar surface area (TPSA) is 343 Å². The number of nitrogens with one attached hydrogen (secondary N) is 6. The van der Waals surface area contributed by atoms with Gasteiger partial charge in [0, 0.05) is 33.0 Å². The summed E-state index contributed by atoms with van der Waals surface area (Å²) in [5, 5.41) is 35.7. The molecule has 1 aliphatic heterocycles. The first-order valence-corrected chi connectivity index (χ1v) is 23.8.